The Morgan fingerprint density at radius 2 is 1.82 bits per heavy atom. The maximum Gasteiger partial charge on any atom is 0.214 e. The van der Waals surface area contributed by atoms with E-state index in [9.17, 15) is 12.8 Å². The van der Waals surface area contributed by atoms with E-state index in [1.54, 1.807) is 12.1 Å². The monoisotopic (exact) mass is 558 g/mol. The summed E-state index contributed by atoms with van der Waals surface area (Å²) in [4.78, 5) is 13.9. The number of hydrogen-bond acceptors (Lipinski definition) is 8. The van der Waals surface area contributed by atoms with Crippen molar-refractivity contribution in [2.24, 2.45) is 0 Å². The van der Waals surface area contributed by atoms with Crippen molar-refractivity contribution >= 4 is 43.6 Å². The van der Waals surface area contributed by atoms with Crippen LogP contribution in [0.2, 0.25) is 0 Å². The zero-order valence-electron chi connectivity index (χ0n) is 21.4. The fourth-order valence-electron chi connectivity index (χ4n) is 4.71. The minimum absolute atomic E-state index is 0.0282. The predicted octanol–water partition coefficient (Wildman–Crippen LogP) is 3.76. The molecule has 9 nitrogen and oxygen atoms in total. The van der Waals surface area contributed by atoms with E-state index in [1.165, 1.54) is 27.8 Å². The highest BCUT2D eigenvalue weighted by Gasteiger charge is 2.27. The lowest BCUT2D eigenvalue weighted by Gasteiger charge is -2.35. The Kier molecular flexibility index (Phi) is 7.66. The number of thiazole rings is 1. The normalized spacial score (nSPS) is 14.9. The standard InChI is InChI=1S/C26H31FN6O3S2/c1-3-22-25(30(2)26-29-23(18-37-26)19-5-7-20(27)8-6-19)33-17-21(9-10-24(33)28-22)31-11-13-32(14-12-31)38(35,36)16-4-15-34/h5-10,17-18,34H,3-4,11-16H2,1-2H3. The van der Waals surface area contributed by atoms with Crippen LogP contribution in [0.5, 0.6) is 0 Å². The lowest BCUT2D eigenvalue weighted by Crippen LogP contribution is -2.49. The summed E-state index contributed by atoms with van der Waals surface area (Å²) >= 11 is 1.51. The summed E-state index contributed by atoms with van der Waals surface area (Å²) in [5, 5.41) is 11.8. The van der Waals surface area contributed by atoms with Gasteiger partial charge in [-0.25, -0.2) is 22.8 Å². The number of sulfonamides is 1. The molecular formula is C26H31FN6O3S2. The largest absolute Gasteiger partial charge is 0.396 e. The molecule has 3 aromatic heterocycles. The van der Waals surface area contributed by atoms with Crippen LogP contribution in [0.3, 0.4) is 0 Å². The fourth-order valence-corrected chi connectivity index (χ4v) is 6.99. The highest BCUT2D eigenvalue weighted by atomic mass is 32.2. The van der Waals surface area contributed by atoms with Gasteiger partial charge < -0.3 is 14.9 Å². The number of anilines is 3. The van der Waals surface area contributed by atoms with E-state index < -0.39 is 10.0 Å². The van der Waals surface area contributed by atoms with Crippen LogP contribution in [-0.4, -0.2) is 77.8 Å². The van der Waals surface area contributed by atoms with E-state index in [-0.39, 0.29) is 24.6 Å². The topological polar surface area (TPSA) is 94.3 Å². The lowest BCUT2D eigenvalue weighted by molar-refractivity contribution is 0.293. The van der Waals surface area contributed by atoms with E-state index in [0.29, 0.717) is 26.2 Å². The van der Waals surface area contributed by atoms with Gasteiger partial charge in [-0.2, -0.15) is 4.31 Å². The van der Waals surface area contributed by atoms with Crippen molar-refractivity contribution < 1.29 is 17.9 Å². The number of pyridine rings is 1. The molecule has 38 heavy (non-hydrogen) atoms. The SMILES string of the molecule is CCc1nc2ccc(N3CCN(S(=O)(=O)CCCO)CC3)cn2c1N(C)c1nc(-c2ccc(F)cc2)cs1. The molecule has 0 aliphatic carbocycles. The van der Waals surface area contributed by atoms with Crippen LogP contribution < -0.4 is 9.80 Å². The molecule has 0 amide bonds. The predicted molar refractivity (Wildman–Crippen MR) is 149 cm³/mol. The summed E-state index contributed by atoms with van der Waals surface area (Å²) in [6, 6.07) is 10.3. The van der Waals surface area contributed by atoms with Gasteiger partial charge in [-0.3, -0.25) is 4.40 Å². The number of aryl methyl sites for hydroxylation is 1. The van der Waals surface area contributed by atoms with E-state index in [1.807, 2.05) is 29.5 Å². The molecule has 1 N–H and O–H groups in total. The Bertz CT molecular complexity index is 1510. The Balaban J connectivity index is 1.40. The zero-order chi connectivity index (χ0) is 26.9. The molecule has 1 aliphatic heterocycles. The first kappa shape index (κ1) is 26.5. The summed E-state index contributed by atoms with van der Waals surface area (Å²) in [6.45, 7) is 3.93. The van der Waals surface area contributed by atoms with Crippen molar-refractivity contribution in [1.82, 2.24) is 18.7 Å². The summed E-state index contributed by atoms with van der Waals surface area (Å²) in [5.74, 6) is 0.620. The quantitative estimate of drug-likeness (QED) is 0.334. The minimum atomic E-state index is -3.35. The summed E-state index contributed by atoms with van der Waals surface area (Å²) in [6.07, 6.45) is 3.05. The molecule has 1 aliphatic rings. The second kappa shape index (κ2) is 11.0. The van der Waals surface area contributed by atoms with Gasteiger partial charge in [0.05, 0.1) is 22.8 Å². The number of imidazole rings is 1. The van der Waals surface area contributed by atoms with Gasteiger partial charge in [0.1, 0.15) is 17.3 Å². The molecule has 0 unspecified atom stereocenters. The van der Waals surface area contributed by atoms with Crippen molar-refractivity contribution in [3.63, 3.8) is 0 Å². The van der Waals surface area contributed by atoms with Crippen LogP contribution in [0.4, 0.5) is 21.0 Å². The van der Waals surface area contributed by atoms with Crippen LogP contribution in [-0.2, 0) is 16.4 Å². The fraction of sp³-hybridized carbons (Fsp3) is 0.385. The van der Waals surface area contributed by atoms with Crippen LogP contribution in [0.25, 0.3) is 16.9 Å². The van der Waals surface area contributed by atoms with Crippen LogP contribution in [0, 0.1) is 5.82 Å². The van der Waals surface area contributed by atoms with Crippen LogP contribution in [0.1, 0.15) is 19.0 Å². The molecule has 1 fully saturated rings. The van der Waals surface area contributed by atoms with Crippen LogP contribution >= 0.6 is 11.3 Å². The summed E-state index contributed by atoms with van der Waals surface area (Å²) in [5.41, 5.74) is 4.41. The molecular weight excluding hydrogens is 527 g/mol. The third-order valence-corrected chi connectivity index (χ3v) is 9.65. The number of fused-ring (bicyclic) bond motifs is 1. The Morgan fingerprint density at radius 3 is 2.50 bits per heavy atom. The first-order valence-electron chi connectivity index (χ1n) is 12.6. The minimum Gasteiger partial charge on any atom is -0.396 e. The third kappa shape index (κ3) is 5.26. The van der Waals surface area contributed by atoms with Crippen LogP contribution in [0.15, 0.2) is 48.0 Å². The summed E-state index contributed by atoms with van der Waals surface area (Å²) < 4.78 is 42.0. The van der Waals surface area contributed by atoms with Crippen molar-refractivity contribution in [3.05, 3.63) is 59.5 Å². The second-order valence-corrected chi connectivity index (χ2v) is 12.1. The first-order valence-corrected chi connectivity index (χ1v) is 15.1. The Labute approximate surface area is 225 Å². The molecule has 0 bridgehead atoms. The number of piperazine rings is 1. The molecule has 1 aromatic carbocycles. The number of aromatic nitrogens is 3. The number of hydrogen-bond donors (Lipinski definition) is 1. The maximum absolute atomic E-state index is 13.4. The van der Waals surface area contributed by atoms with E-state index in [4.69, 9.17) is 15.1 Å². The Hall–Kier alpha value is -3.06. The molecule has 0 atom stereocenters. The molecule has 0 spiro atoms. The third-order valence-electron chi connectivity index (χ3n) is 6.78. The lowest BCUT2D eigenvalue weighted by atomic mass is 10.2. The van der Waals surface area contributed by atoms with E-state index in [2.05, 4.69) is 22.4 Å². The van der Waals surface area contributed by atoms with Gasteiger partial charge in [0.25, 0.3) is 0 Å². The smallest absolute Gasteiger partial charge is 0.214 e. The van der Waals surface area contributed by atoms with E-state index >= 15 is 0 Å². The van der Waals surface area contributed by atoms with Gasteiger partial charge in [-0.05, 0) is 49.2 Å². The zero-order valence-corrected chi connectivity index (χ0v) is 23.1. The number of rotatable bonds is 9. The van der Waals surface area contributed by atoms with Gasteiger partial charge in [0.2, 0.25) is 10.0 Å². The van der Waals surface area contributed by atoms with Crippen molar-refractivity contribution in [1.29, 1.82) is 0 Å². The maximum atomic E-state index is 13.4. The van der Waals surface area contributed by atoms with Gasteiger partial charge in [-0.15, -0.1) is 11.3 Å². The first-order chi connectivity index (χ1) is 18.3. The molecule has 202 valence electrons. The molecule has 4 heterocycles. The molecule has 1 saturated heterocycles. The van der Waals surface area contributed by atoms with Gasteiger partial charge in [-0.1, -0.05) is 6.92 Å². The van der Waals surface area contributed by atoms with Gasteiger partial charge >= 0.3 is 0 Å². The highest BCUT2D eigenvalue weighted by molar-refractivity contribution is 7.89. The van der Waals surface area contributed by atoms with Crippen molar-refractivity contribution in [2.45, 2.75) is 19.8 Å². The van der Waals surface area contributed by atoms with Crippen molar-refractivity contribution in [2.75, 3.05) is 55.4 Å². The molecule has 0 radical (unpaired) electrons. The average Bonchev–Trinajstić information content (AvgIpc) is 3.57. The number of benzene rings is 1. The number of aliphatic hydroxyl groups is 1. The summed E-state index contributed by atoms with van der Waals surface area (Å²) in [7, 11) is -1.38. The van der Waals surface area contributed by atoms with Crippen molar-refractivity contribution in [3.8, 4) is 11.3 Å². The number of nitrogens with zero attached hydrogens (tertiary/aromatic N) is 6. The number of aliphatic hydroxyl groups excluding tert-OH is 1. The van der Waals surface area contributed by atoms with Gasteiger partial charge in [0, 0.05) is 57.0 Å². The van der Waals surface area contributed by atoms with E-state index in [0.717, 1.165) is 45.7 Å². The Morgan fingerprint density at radius 1 is 1.08 bits per heavy atom. The number of halogens is 1. The second-order valence-electron chi connectivity index (χ2n) is 9.21. The average molecular weight is 559 g/mol. The van der Waals surface area contributed by atoms with Gasteiger partial charge in [0.15, 0.2) is 5.13 Å². The highest BCUT2D eigenvalue weighted by Crippen LogP contribution is 2.34. The molecule has 4 aromatic rings. The molecule has 12 heteroatoms. The molecule has 5 rings (SSSR count). The molecule has 0 saturated carbocycles.